The molecule has 1 amide bonds. The Hall–Kier alpha value is -3.08. The van der Waals surface area contributed by atoms with Gasteiger partial charge >= 0.3 is 0 Å². The maximum Gasteiger partial charge on any atom is 0.271 e. The van der Waals surface area contributed by atoms with Crippen LogP contribution < -0.4 is 10.0 Å². The molecular weight excluding hydrogens is 445 g/mol. The number of benzene rings is 2. The molecule has 0 saturated heterocycles. The summed E-state index contributed by atoms with van der Waals surface area (Å²) in [5.41, 5.74) is 1.88. The van der Waals surface area contributed by atoms with Crippen molar-refractivity contribution in [2.45, 2.75) is 4.21 Å². The summed E-state index contributed by atoms with van der Waals surface area (Å²) < 4.78 is 40.6. The number of nitrogens with zero attached hydrogens (tertiary/aromatic N) is 1. The standard InChI is InChI=1S/C20H14FN3O3S3/c21-15-4-1-3-14(11-15)17-12-29-20(22-17)23-19(25)13-6-8-16(9-7-13)24-30(26,27)18-5-2-10-28-18/h1-12,24H,(H,22,23,25). The molecule has 0 aliphatic carbocycles. The first-order chi connectivity index (χ1) is 14.4. The zero-order valence-corrected chi connectivity index (χ0v) is 17.7. The van der Waals surface area contributed by atoms with Gasteiger partial charge in [-0.15, -0.1) is 22.7 Å². The van der Waals surface area contributed by atoms with Crippen molar-refractivity contribution in [2.75, 3.05) is 10.0 Å². The van der Waals surface area contributed by atoms with Crippen molar-refractivity contribution in [1.29, 1.82) is 0 Å². The van der Waals surface area contributed by atoms with Gasteiger partial charge in [0.05, 0.1) is 5.69 Å². The first-order valence-electron chi connectivity index (χ1n) is 8.60. The highest BCUT2D eigenvalue weighted by Gasteiger charge is 2.16. The van der Waals surface area contributed by atoms with Crippen LogP contribution in [0.1, 0.15) is 10.4 Å². The maximum absolute atomic E-state index is 13.4. The van der Waals surface area contributed by atoms with Crippen LogP contribution in [0.5, 0.6) is 0 Å². The van der Waals surface area contributed by atoms with Gasteiger partial charge in [0, 0.05) is 22.2 Å². The number of thiazole rings is 1. The van der Waals surface area contributed by atoms with Crippen LogP contribution >= 0.6 is 22.7 Å². The summed E-state index contributed by atoms with van der Waals surface area (Å²) in [5, 5.41) is 6.48. The minimum atomic E-state index is -3.65. The fourth-order valence-electron chi connectivity index (χ4n) is 2.59. The molecule has 10 heteroatoms. The van der Waals surface area contributed by atoms with Gasteiger partial charge in [0.15, 0.2) is 5.13 Å². The summed E-state index contributed by atoms with van der Waals surface area (Å²) in [6.45, 7) is 0. The molecule has 0 radical (unpaired) electrons. The number of halogens is 1. The van der Waals surface area contributed by atoms with Crippen LogP contribution in [0, 0.1) is 5.82 Å². The monoisotopic (exact) mass is 459 g/mol. The van der Waals surface area contributed by atoms with Crippen LogP contribution in [-0.2, 0) is 10.0 Å². The average molecular weight is 460 g/mol. The van der Waals surface area contributed by atoms with Gasteiger partial charge in [-0.3, -0.25) is 14.8 Å². The molecule has 2 aromatic carbocycles. The van der Waals surface area contributed by atoms with E-state index < -0.39 is 10.0 Å². The van der Waals surface area contributed by atoms with E-state index in [0.717, 1.165) is 11.3 Å². The predicted octanol–water partition coefficient (Wildman–Crippen LogP) is 5.06. The summed E-state index contributed by atoms with van der Waals surface area (Å²) in [7, 11) is -3.65. The van der Waals surface area contributed by atoms with E-state index >= 15 is 0 Å². The molecule has 0 aliphatic rings. The van der Waals surface area contributed by atoms with Gasteiger partial charge in [0.25, 0.3) is 15.9 Å². The molecule has 30 heavy (non-hydrogen) atoms. The topological polar surface area (TPSA) is 88.2 Å². The molecule has 0 spiro atoms. The Morgan fingerprint density at radius 3 is 2.50 bits per heavy atom. The second kappa shape index (κ2) is 8.34. The summed E-state index contributed by atoms with van der Waals surface area (Å²) in [6.07, 6.45) is 0. The lowest BCUT2D eigenvalue weighted by molar-refractivity contribution is 0.102. The number of hydrogen-bond acceptors (Lipinski definition) is 6. The average Bonchev–Trinajstić information content (AvgIpc) is 3.41. The number of aromatic nitrogens is 1. The Bertz CT molecular complexity index is 1280. The summed E-state index contributed by atoms with van der Waals surface area (Å²) in [5.74, 6) is -0.747. The number of hydrogen-bond donors (Lipinski definition) is 2. The summed E-state index contributed by atoms with van der Waals surface area (Å²) in [4.78, 5) is 16.8. The molecule has 0 fully saturated rings. The smallest absolute Gasteiger partial charge is 0.271 e. The van der Waals surface area contributed by atoms with E-state index in [1.165, 1.54) is 53.8 Å². The molecule has 0 unspecified atom stereocenters. The van der Waals surface area contributed by atoms with Crippen LogP contribution in [0.3, 0.4) is 0 Å². The molecule has 2 aromatic heterocycles. The van der Waals surface area contributed by atoms with Crippen molar-refractivity contribution >= 4 is 49.4 Å². The van der Waals surface area contributed by atoms with Gasteiger partial charge in [0.2, 0.25) is 0 Å². The summed E-state index contributed by atoms with van der Waals surface area (Å²) in [6, 6.07) is 15.3. The number of nitrogens with one attached hydrogen (secondary N) is 2. The highest BCUT2D eigenvalue weighted by atomic mass is 32.2. The molecule has 6 nitrogen and oxygen atoms in total. The zero-order chi connectivity index (χ0) is 21.1. The van der Waals surface area contributed by atoms with Crippen LogP contribution in [0.4, 0.5) is 15.2 Å². The van der Waals surface area contributed by atoms with Gasteiger partial charge in [-0.1, -0.05) is 18.2 Å². The fraction of sp³-hybridized carbons (Fsp3) is 0. The van der Waals surface area contributed by atoms with Gasteiger partial charge in [-0.2, -0.15) is 0 Å². The summed E-state index contributed by atoms with van der Waals surface area (Å²) >= 11 is 2.35. The number of sulfonamides is 1. The lowest BCUT2D eigenvalue weighted by Gasteiger charge is -2.07. The minimum absolute atomic E-state index is 0.210. The Morgan fingerprint density at radius 1 is 1.00 bits per heavy atom. The second-order valence-electron chi connectivity index (χ2n) is 6.12. The number of carbonyl (C=O) groups is 1. The second-order valence-corrected chi connectivity index (χ2v) is 9.83. The Morgan fingerprint density at radius 2 is 1.80 bits per heavy atom. The highest BCUT2D eigenvalue weighted by Crippen LogP contribution is 2.26. The normalized spacial score (nSPS) is 11.2. The molecule has 4 aromatic rings. The molecule has 0 aliphatic heterocycles. The van der Waals surface area contributed by atoms with E-state index in [2.05, 4.69) is 15.0 Å². The van der Waals surface area contributed by atoms with Gasteiger partial charge < -0.3 is 0 Å². The van der Waals surface area contributed by atoms with Crippen molar-refractivity contribution < 1.29 is 17.6 Å². The molecule has 2 heterocycles. The molecule has 0 saturated carbocycles. The van der Waals surface area contributed by atoms with E-state index in [0.29, 0.717) is 27.6 Å². The lowest BCUT2D eigenvalue weighted by Crippen LogP contribution is -2.13. The fourth-order valence-corrected chi connectivity index (χ4v) is 5.36. The molecular formula is C20H14FN3O3S3. The first-order valence-corrected chi connectivity index (χ1v) is 11.8. The van der Waals surface area contributed by atoms with Crippen molar-refractivity contribution in [3.8, 4) is 11.3 Å². The third-order valence-electron chi connectivity index (χ3n) is 4.00. The van der Waals surface area contributed by atoms with Crippen LogP contribution in [-0.4, -0.2) is 19.3 Å². The first kappa shape index (κ1) is 20.2. The lowest BCUT2D eigenvalue weighted by atomic mass is 10.2. The van der Waals surface area contributed by atoms with Crippen molar-refractivity contribution in [2.24, 2.45) is 0 Å². The van der Waals surface area contributed by atoms with Crippen molar-refractivity contribution in [3.05, 3.63) is 82.8 Å². The highest BCUT2D eigenvalue weighted by molar-refractivity contribution is 7.94. The number of carbonyl (C=O) groups excluding carboxylic acids is 1. The number of thiophene rings is 1. The van der Waals surface area contributed by atoms with Gasteiger partial charge in [-0.05, 0) is 47.8 Å². The van der Waals surface area contributed by atoms with Crippen LogP contribution in [0.2, 0.25) is 0 Å². The van der Waals surface area contributed by atoms with E-state index in [1.807, 2.05) is 0 Å². The van der Waals surface area contributed by atoms with Crippen molar-refractivity contribution in [3.63, 3.8) is 0 Å². The van der Waals surface area contributed by atoms with Crippen molar-refractivity contribution in [1.82, 2.24) is 4.98 Å². The van der Waals surface area contributed by atoms with E-state index in [1.54, 1.807) is 29.0 Å². The Kier molecular flexibility index (Phi) is 5.62. The zero-order valence-electron chi connectivity index (χ0n) is 15.2. The SMILES string of the molecule is O=C(Nc1nc(-c2cccc(F)c2)cs1)c1ccc(NS(=O)(=O)c2cccs2)cc1. The predicted molar refractivity (Wildman–Crippen MR) is 117 cm³/mol. The quantitative estimate of drug-likeness (QED) is 0.422. The van der Waals surface area contributed by atoms with E-state index in [-0.39, 0.29) is 15.9 Å². The molecule has 4 rings (SSSR count). The largest absolute Gasteiger partial charge is 0.298 e. The van der Waals surface area contributed by atoms with Gasteiger partial charge in [-0.25, -0.2) is 17.8 Å². The third kappa shape index (κ3) is 4.56. The third-order valence-corrected chi connectivity index (χ3v) is 7.54. The Labute approximate surface area is 180 Å². The minimum Gasteiger partial charge on any atom is -0.298 e. The van der Waals surface area contributed by atoms with E-state index in [4.69, 9.17) is 0 Å². The van der Waals surface area contributed by atoms with E-state index in [9.17, 15) is 17.6 Å². The molecule has 152 valence electrons. The number of rotatable bonds is 6. The maximum atomic E-state index is 13.4. The Balaban J connectivity index is 1.43. The molecule has 2 N–H and O–H groups in total. The number of anilines is 2. The van der Waals surface area contributed by atoms with Crippen LogP contribution in [0.25, 0.3) is 11.3 Å². The molecule has 0 atom stereocenters. The van der Waals surface area contributed by atoms with Gasteiger partial charge in [0.1, 0.15) is 10.0 Å². The van der Waals surface area contributed by atoms with Crippen LogP contribution in [0.15, 0.2) is 75.6 Å². The molecule has 0 bridgehead atoms. The number of amides is 1.